The molecule has 0 radical (unpaired) electrons. The highest BCUT2D eigenvalue weighted by Gasteiger charge is 2.19. The summed E-state index contributed by atoms with van der Waals surface area (Å²) >= 11 is 0. The predicted molar refractivity (Wildman–Crippen MR) is 63.4 cm³/mol. The summed E-state index contributed by atoms with van der Waals surface area (Å²) in [5.74, 6) is 0.116. The smallest absolute Gasteiger partial charge is 0.234 e. The summed E-state index contributed by atoms with van der Waals surface area (Å²) in [5, 5.41) is 6.21. The van der Waals surface area contributed by atoms with Crippen LogP contribution in [0.3, 0.4) is 0 Å². The highest BCUT2D eigenvalue weighted by Crippen LogP contribution is 2.00. The van der Waals surface area contributed by atoms with Crippen LogP contribution in [0.5, 0.6) is 0 Å². The van der Waals surface area contributed by atoms with Crippen LogP contribution < -0.4 is 10.6 Å². The van der Waals surface area contributed by atoms with E-state index < -0.39 is 0 Å². The molecule has 0 aromatic rings. The van der Waals surface area contributed by atoms with Gasteiger partial charge in [-0.05, 0) is 13.3 Å². The minimum absolute atomic E-state index is 0.116. The zero-order valence-electron chi connectivity index (χ0n) is 10.3. The van der Waals surface area contributed by atoms with Crippen molar-refractivity contribution in [2.75, 3.05) is 46.4 Å². The maximum Gasteiger partial charge on any atom is 0.234 e. The summed E-state index contributed by atoms with van der Waals surface area (Å²) in [4.78, 5) is 13.8. The third-order valence-corrected chi connectivity index (χ3v) is 2.83. The van der Waals surface area contributed by atoms with E-state index in [4.69, 9.17) is 4.74 Å². The minimum atomic E-state index is 0.116. The molecule has 0 saturated carbocycles. The summed E-state index contributed by atoms with van der Waals surface area (Å²) in [5.41, 5.74) is 0. The number of piperazine rings is 1. The van der Waals surface area contributed by atoms with Crippen LogP contribution in [-0.2, 0) is 9.53 Å². The van der Waals surface area contributed by atoms with Gasteiger partial charge >= 0.3 is 0 Å². The molecule has 0 unspecified atom stereocenters. The second kappa shape index (κ2) is 7.60. The van der Waals surface area contributed by atoms with Gasteiger partial charge in [-0.3, -0.25) is 9.69 Å². The molecule has 5 nitrogen and oxygen atoms in total. The van der Waals surface area contributed by atoms with Gasteiger partial charge in [-0.2, -0.15) is 0 Å². The summed E-state index contributed by atoms with van der Waals surface area (Å²) in [6.07, 6.45) is 0.874. The molecule has 1 fully saturated rings. The summed E-state index contributed by atoms with van der Waals surface area (Å²) in [7, 11) is 1.67. The first-order valence-corrected chi connectivity index (χ1v) is 5.94. The van der Waals surface area contributed by atoms with Crippen LogP contribution in [0.2, 0.25) is 0 Å². The topological polar surface area (TPSA) is 53.6 Å². The molecule has 1 heterocycles. The second-order valence-corrected chi connectivity index (χ2v) is 4.22. The van der Waals surface area contributed by atoms with E-state index in [0.717, 1.165) is 26.1 Å². The monoisotopic (exact) mass is 229 g/mol. The van der Waals surface area contributed by atoms with Crippen LogP contribution in [0, 0.1) is 0 Å². The molecular formula is C11H23N3O2. The summed E-state index contributed by atoms with van der Waals surface area (Å²) < 4.78 is 4.92. The van der Waals surface area contributed by atoms with Crippen LogP contribution in [0.15, 0.2) is 0 Å². The number of carbonyl (C=O) groups excluding carboxylic acids is 1. The zero-order valence-corrected chi connectivity index (χ0v) is 10.3. The highest BCUT2D eigenvalue weighted by atomic mass is 16.5. The normalized spacial score (nSPS) is 22.0. The van der Waals surface area contributed by atoms with Gasteiger partial charge in [0.05, 0.1) is 6.54 Å². The standard InChI is InChI=1S/C11H23N3O2/c1-10-8-12-5-6-14(10)9-11(15)13-4-3-7-16-2/h10,12H,3-9H2,1-2H3,(H,13,15)/t10-/m1/s1. The van der Waals surface area contributed by atoms with Crippen molar-refractivity contribution in [2.24, 2.45) is 0 Å². The van der Waals surface area contributed by atoms with E-state index >= 15 is 0 Å². The number of nitrogens with zero attached hydrogens (tertiary/aromatic N) is 1. The number of rotatable bonds is 6. The van der Waals surface area contributed by atoms with Crippen LogP contribution in [0.25, 0.3) is 0 Å². The Hall–Kier alpha value is -0.650. The lowest BCUT2D eigenvalue weighted by atomic mass is 10.2. The van der Waals surface area contributed by atoms with E-state index in [1.54, 1.807) is 7.11 Å². The van der Waals surface area contributed by atoms with Crippen molar-refractivity contribution in [3.05, 3.63) is 0 Å². The van der Waals surface area contributed by atoms with E-state index in [1.165, 1.54) is 0 Å². The van der Waals surface area contributed by atoms with Crippen LogP contribution in [-0.4, -0.2) is 63.3 Å². The molecule has 0 aromatic heterocycles. The third-order valence-electron chi connectivity index (χ3n) is 2.83. The van der Waals surface area contributed by atoms with Crippen molar-refractivity contribution >= 4 is 5.91 Å². The fraction of sp³-hybridized carbons (Fsp3) is 0.909. The Labute approximate surface area is 97.5 Å². The average molecular weight is 229 g/mol. The van der Waals surface area contributed by atoms with Crippen molar-refractivity contribution in [3.63, 3.8) is 0 Å². The Kier molecular flexibility index (Phi) is 6.37. The van der Waals surface area contributed by atoms with E-state index in [9.17, 15) is 4.79 Å². The third kappa shape index (κ3) is 4.92. The van der Waals surface area contributed by atoms with Crippen molar-refractivity contribution in [1.29, 1.82) is 0 Å². The lowest BCUT2D eigenvalue weighted by Crippen LogP contribution is -2.52. The van der Waals surface area contributed by atoms with Gasteiger partial charge in [0.15, 0.2) is 0 Å². The molecule has 0 aliphatic carbocycles. The molecule has 1 amide bonds. The molecule has 1 aliphatic rings. The summed E-state index contributed by atoms with van der Waals surface area (Å²) in [6, 6.07) is 0.443. The molecule has 1 rings (SSSR count). The van der Waals surface area contributed by atoms with Crippen molar-refractivity contribution in [2.45, 2.75) is 19.4 Å². The fourth-order valence-corrected chi connectivity index (χ4v) is 1.80. The molecule has 94 valence electrons. The zero-order chi connectivity index (χ0) is 11.8. The Balaban J connectivity index is 2.12. The van der Waals surface area contributed by atoms with E-state index in [2.05, 4.69) is 22.5 Å². The fourth-order valence-electron chi connectivity index (χ4n) is 1.80. The van der Waals surface area contributed by atoms with Crippen LogP contribution in [0.4, 0.5) is 0 Å². The van der Waals surface area contributed by atoms with Gasteiger partial charge in [-0.1, -0.05) is 0 Å². The molecule has 16 heavy (non-hydrogen) atoms. The van der Waals surface area contributed by atoms with Crippen molar-refractivity contribution < 1.29 is 9.53 Å². The largest absolute Gasteiger partial charge is 0.385 e. The Morgan fingerprint density at radius 3 is 3.12 bits per heavy atom. The minimum Gasteiger partial charge on any atom is -0.385 e. The molecule has 5 heteroatoms. The molecule has 1 aliphatic heterocycles. The van der Waals surface area contributed by atoms with E-state index in [0.29, 0.717) is 25.7 Å². The first-order valence-electron chi connectivity index (χ1n) is 5.94. The lowest BCUT2D eigenvalue weighted by molar-refractivity contribution is -0.122. The van der Waals surface area contributed by atoms with Crippen LogP contribution >= 0.6 is 0 Å². The van der Waals surface area contributed by atoms with E-state index in [1.807, 2.05) is 0 Å². The molecule has 0 spiro atoms. The summed E-state index contributed by atoms with van der Waals surface area (Å²) in [6.45, 7) is 6.95. The number of nitrogens with one attached hydrogen (secondary N) is 2. The Morgan fingerprint density at radius 2 is 2.44 bits per heavy atom. The Bertz CT molecular complexity index is 211. The van der Waals surface area contributed by atoms with E-state index in [-0.39, 0.29) is 5.91 Å². The number of carbonyl (C=O) groups is 1. The van der Waals surface area contributed by atoms with Gasteiger partial charge in [0.1, 0.15) is 0 Å². The number of ether oxygens (including phenoxy) is 1. The lowest BCUT2D eigenvalue weighted by Gasteiger charge is -2.33. The van der Waals surface area contributed by atoms with Gasteiger partial charge in [0.25, 0.3) is 0 Å². The molecule has 1 atom stereocenters. The highest BCUT2D eigenvalue weighted by molar-refractivity contribution is 5.78. The van der Waals surface area contributed by atoms with Crippen molar-refractivity contribution in [3.8, 4) is 0 Å². The average Bonchev–Trinajstić information content (AvgIpc) is 2.28. The first kappa shape index (κ1) is 13.4. The van der Waals surface area contributed by atoms with Gasteiger partial charge in [0.2, 0.25) is 5.91 Å². The number of hydrogen-bond donors (Lipinski definition) is 2. The number of amides is 1. The molecule has 0 aromatic carbocycles. The maximum atomic E-state index is 11.6. The van der Waals surface area contributed by atoms with Crippen LogP contribution in [0.1, 0.15) is 13.3 Å². The van der Waals surface area contributed by atoms with Gasteiger partial charge in [0, 0.05) is 45.9 Å². The van der Waals surface area contributed by atoms with Gasteiger partial charge in [-0.15, -0.1) is 0 Å². The Morgan fingerprint density at radius 1 is 1.62 bits per heavy atom. The second-order valence-electron chi connectivity index (χ2n) is 4.22. The van der Waals surface area contributed by atoms with Gasteiger partial charge < -0.3 is 15.4 Å². The quantitative estimate of drug-likeness (QED) is 0.599. The first-order chi connectivity index (χ1) is 7.74. The number of methoxy groups -OCH3 is 1. The number of hydrogen-bond acceptors (Lipinski definition) is 4. The molecule has 2 N–H and O–H groups in total. The predicted octanol–water partition coefficient (Wildman–Crippen LogP) is -0.567. The van der Waals surface area contributed by atoms with Gasteiger partial charge in [-0.25, -0.2) is 0 Å². The molecule has 1 saturated heterocycles. The SMILES string of the molecule is COCCCNC(=O)CN1CCNC[C@H]1C. The molecule has 0 bridgehead atoms. The van der Waals surface area contributed by atoms with Crippen molar-refractivity contribution in [1.82, 2.24) is 15.5 Å². The maximum absolute atomic E-state index is 11.6. The molecular weight excluding hydrogens is 206 g/mol.